The van der Waals surface area contributed by atoms with E-state index >= 15 is 0 Å². The zero-order valence-electron chi connectivity index (χ0n) is 17.8. The Bertz CT molecular complexity index is 765. The zero-order chi connectivity index (χ0) is 20.3. The number of nitrogens with one attached hydrogen (secondary N) is 2. The monoisotopic (exact) mass is 524 g/mol. The number of guanidine groups is 1. The lowest BCUT2D eigenvalue weighted by Crippen LogP contribution is -2.49. The molecule has 0 amide bonds. The third kappa shape index (κ3) is 7.59. The molecular formula is C23H33IN4O2. The lowest BCUT2D eigenvalue weighted by molar-refractivity contribution is 0.308. The number of anilines is 1. The number of methoxy groups -OCH3 is 1. The first-order valence-electron chi connectivity index (χ1n) is 10.3. The smallest absolute Gasteiger partial charge is 0.191 e. The van der Waals surface area contributed by atoms with Crippen LogP contribution in [-0.2, 0) is 0 Å². The maximum Gasteiger partial charge on any atom is 0.191 e. The van der Waals surface area contributed by atoms with E-state index < -0.39 is 0 Å². The van der Waals surface area contributed by atoms with Crippen molar-refractivity contribution in [1.82, 2.24) is 10.6 Å². The molecule has 2 N–H and O–H groups in total. The van der Waals surface area contributed by atoms with Crippen molar-refractivity contribution in [3.8, 4) is 11.5 Å². The molecule has 7 heteroatoms. The van der Waals surface area contributed by atoms with Gasteiger partial charge in [0, 0.05) is 44.5 Å². The second kappa shape index (κ2) is 13.2. The molecule has 164 valence electrons. The highest BCUT2D eigenvalue weighted by atomic mass is 127. The molecule has 1 aliphatic heterocycles. The maximum atomic E-state index is 5.78. The maximum absolute atomic E-state index is 5.78. The van der Waals surface area contributed by atoms with Crippen molar-refractivity contribution in [1.29, 1.82) is 0 Å². The van der Waals surface area contributed by atoms with Gasteiger partial charge in [-0.05, 0) is 43.5 Å². The SMILES string of the molecule is CN=C(NCCCOc1cccc(OC)c1)NC1CCN(c2ccccc2)CC1.I. The first-order chi connectivity index (χ1) is 14.3. The van der Waals surface area contributed by atoms with Crippen molar-refractivity contribution in [2.24, 2.45) is 4.99 Å². The third-order valence-corrected chi connectivity index (χ3v) is 5.10. The Kier molecular flexibility index (Phi) is 10.6. The summed E-state index contributed by atoms with van der Waals surface area (Å²) < 4.78 is 11.0. The molecule has 0 aliphatic carbocycles. The van der Waals surface area contributed by atoms with Crippen molar-refractivity contribution >= 4 is 35.6 Å². The van der Waals surface area contributed by atoms with Crippen molar-refractivity contribution < 1.29 is 9.47 Å². The number of ether oxygens (including phenoxy) is 2. The number of halogens is 1. The summed E-state index contributed by atoms with van der Waals surface area (Å²) in [6.07, 6.45) is 3.10. The number of aliphatic imine (C=N–C) groups is 1. The number of benzene rings is 2. The zero-order valence-corrected chi connectivity index (χ0v) is 20.2. The fraction of sp³-hybridized carbons (Fsp3) is 0.435. The Labute approximate surface area is 197 Å². The number of hydrogen-bond acceptors (Lipinski definition) is 4. The summed E-state index contributed by atoms with van der Waals surface area (Å²) in [7, 11) is 3.48. The van der Waals surface area contributed by atoms with E-state index in [-0.39, 0.29) is 24.0 Å². The van der Waals surface area contributed by atoms with Crippen LogP contribution in [0.2, 0.25) is 0 Å². The molecule has 2 aromatic rings. The molecule has 1 saturated heterocycles. The molecular weight excluding hydrogens is 491 g/mol. The van der Waals surface area contributed by atoms with Crippen LogP contribution in [0.5, 0.6) is 11.5 Å². The minimum atomic E-state index is 0. The predicted molar refractivity (Wildman–Crippen MR) is 135 cm³/mol. The molecule has 1 aliphatic rings. The van der Waals surface area contributed by atoms with E-state index in [0.717, 1.165) is 56.4 Å². The highest BCUT2D eigenvalue weighted by molar-refractivity contribution is 14.0. The summed E-state index contributed by atoms with van der Waals surface area (Å²) in [5, 5.41) is 6.95. The minimum Gasteiger partial charge on any atom is -0.497 e. The normalized spacial score (nSPS) is 14.6. The fourth-order valence-electron chi connectivity index (χ4n) is 3.47. The summed E-state index contributed by atoms with van der Waals surface area (Å²) in [5.41, 5.74) is 1.31. The average molecular weight is 524 g/mol. The van der Waals surface area contributed by atoms with Gasteiger partial charge in [-0.2, -0.15) is 0 Å². The molecule has 0 aromatic heterocycles. The molecule has 0 spiro atoms. The van der Waals surface area contributed by atoms with Crippen LogP contribution in [0.25, 0.3) is 0 Å². The Morgan fingerprint density at radius 2 is 1.80 bits per heavy atom. The summed E-state index contributed by atoms with van der Waals surface area (Å²) in [6.45, 7) is 3.58. The molecule has 30 heavy (non-hydrogen) atoms. The number of piperidine rings is 1. The van der Waals surface area contributed by atoms with Crippen molar-refractivity contribution in [2.75, 3.05) is 45.3 Å². The first-order valence-corrected chi connectivity index (χ1v) is 10.3. The van der Waals surface area contributed by atoms with E-state index in [2.05, 4.69) is 50.9 Å². The first kappa shape index (κ1) is 24.1. The highest BCUT2D eigenvalue weighted by Crippen LogP contribution is 2.20. The average Bonchev–Trinajstić information content (AvgIpc) is 2.79. The Morgan fingerprint density at radius 1 is 1.07 bits per heavy atom. The van der Waals surface area contributed by atoms with Gasteiger partial charge in [0.25, 0.3) is 0 Å². The Balaban J connectivity index is 0.00000320. The van der Waals surface area contributed by atoms with Gasteiger partial charge in [0.2, 0.25) is 0 Å². The Hall–Kier alpha value is -2.16. The fourth-order valence-corrected chi connectivity index (χ4v) is 3.47. The van der Waals surface area contributed by atoms with Crippen LogP contribution in [0.1, 0.15) is 19.3 Å². The quantitative estimate of drug-likeness (QED) is 0.237. The van der Waals surface area contributed by atoms with E-state index in [1.807, 2.05) is 31.3 Å². The van der Waals surface area contributed by atoms with Gasteiger partial charge in [0.15, 0.2) is 5.96 Å². The number of hydrogen-bond donors (Lipinski definition) is 2. The molecule has 6 nitrogen and oxygen atoms in total. The number of rotatable bonds is 8. The van der Waals surface area contributed by atoms with Crippen molar-refractivity contribution in [3.63, 3.8) is 0 Å². The minimum absolute atomic E-state index is 0. The van der Waals surface area contributed by atoms with E-state index in [9.17, 15) is 0 Å². The molecule has 0 unspecified atom stereocenters. The summed E-state index contributed by atoms with van der Waals surface area (Å²) >= 11 is 0. The second-order valence-corrected chi connectivity index (χ2v) is 7.12. The Morgan fingerprint density at radius 3 is 2.50 bits per heavy atom. The number of nitrogens with zero attached hydrogens (tertiary/aromatic N) is 2. The topological polar surface area (TPSA) is 58.1 Å². The van der Waals surface area contributed by atoms with E-state index in [1.165, 1.54) is 5.69 Å². The second-order valence-electron chi connectivity index (χ2n) is 7.12. The van der Waals surface area contributed by atoms with Crippen molar-refractivity contribution in [2.45, 2.75) is 25.3 Å². The van der Waals surface area contributed by atoms with Crippen LogP contribution in [0, 0.1) is 0 Å². The standard InChI is InChI=1S/C23H32N4O2.HI/c1-24-23(25-14-7-17-29-22-11-6-10-21(18-22)28-2)26-19-12-15-27(16-13-19)20-8-4-3-5-9-20;/h3-6,8-11,18-19H,7,12-17H2,1-2H3,(H2,24,25,26);1H. The molecule has 0 bridgehead atoms. The molecule has 3 rings (SSSR count). The predicted octanol–water partition coefficient (Wildman–Crippen LogP) is 3.92. The summed E-state index contributed by atoms with van der Waals surface area (Å²) in [4.78, 5) is 6.81. The van der Waals surface area contributed by atoms with Crippen molar-refractivity contribution in [3.05, 3.63) is 54.6 Å². The lowest BCUT2D eigenvalue weighted by atomic mass is 10.0. The van der Waals surface area contributed by atoms with E-state index in [4.69, 9.17) is 9.47 Å². The molecule has 0 atom stereocenters. The van der Waals surface area contributed by atoms with Crippen LogP contribution < -0.4 is 25.0 Å². The van der Waals surface area contributed by atoms with Crippen LogP contribution in [0.3, 0.4) is 0 Å². The lowest BCUT2D eigenvalue weighted by Gasteiger charge is -2.34. The van der Waals surface area contributed by atoms with Gasteiger partial charge in [0.1, 0.15) is 11.5 Å². The van der Waals surface area contributed by atoms with Gasteiger partial charge in [-0.1, -0.05) is 24.3 Å². The third-order valence-electron chi connectivity index (χ3n) is 5.10. The molecule has 0 saturated carbocycles. The van der Waals surface area contributed by atoms with Crippen LogP contribution >= 0.6 is 24.0 Å². The van der Waals surface area contributed by atoms with Gasteiger partial charge < -0.3 is 25.0 Å². The van der Waals surface area contributed by atoms with E-state index in [1.54, 1.807) is 7.11 Å². The summed E-state index contributed by atoms with van der Waals surface area (Å²) in [5.74, 6) is 2.50. The summed E-state index contributed by atoms with van der Waals surface area (Å²) in [6, 6.07) is 18.8. The number of para-hydroxylation sites is 1. The van der Waals surface area contributed by atoms with Gasteiger partial charge in [-0.3, -0.25) is 4.99 Å². The largest absolute Gasteiger partial charge is 0.497 e. The van der Waals surface area contributed by atoms with Crippen LogP contribution in [0.15, 0.2) is 59.6 Å². The van der Waals surface area contributed by atoms with Gasteiger partial charge in [-0.25, -0.2) is 0 Å². The molecule has 1 heterocycles. The van der Waals surface area contributed by atoms with Gasteiger partial charge in [0.05, 0.1) is 13.7 Å². The molecule has 0 radical (unpaired) electrons. The molecule has 1 fully saturated rings. The van der Waals surface area contributed by atoms with Crippen LogP contribution in [-0.4, -0.2) is 52.4 Å². The van der Waals surface area contributed by atoms with E-state index in [0.29, 0.717) is 12.6 Å². The van der Waals surface area contributed by atoms with Gasteiger partial charge in [-0.15, -0.1) is 24.0 Å². The van der Waals surface area contributed by atoms with Gasteiger partial charge >= 0.3 is 0 Å². The molecule has 2 aromatic carbocycles. The van der Waals surface area contributed by atoms with Crippen LogP contribution in [0.4, 0.5) is 5.69 Å². The highest BCUT2D eigenvalue weighted by Gasteiger charge is 2.20.